The van der Waals surface area contributed by atoms with Gasteiger partial charge in [0.25, 0.3) is 0 Å². The van der Waals surface area contributed by atoms with E-state index in [1.165, 1.54) is 22.3 Å². The standard InChI is InChI=1S/C18H16N2/c1-13-7-8-14(2)18(16-6-4-10-20-12-16)17(13)15-5-3-9-19-11-15/h3-12H,1-2H3. The fourth-order valence-corrected chi connectivity index (χ4v) is 2.58. The first kappa shape index (κ1) is 12.5. The van der Waals surface area contributed by atoms with Gasteiger partial charge in [-0.2, -0.15) is 0 Å². The molecule has 3 rings (SSSR count). The van der Waals surface area contributed by atoms with E-state index in [1.807, 2.05) is 24.5 Å². The predicted molar refractivity (Wildman–Crippen MR) is 82.4 cm³/mol. The third-order valence-corrected chi connectivity index (χ3v) is 3.52. The fraction of sp³-hybridized carbons (Fsp3) is 0.111. The van der Waals surface area contributed by atoms with Crippen molar-refractivity contribution in [2.75, 3.05) is 0 Å². The first-order valence-corrected chi connectivity index (χ1v) is 6.68. The van der Waals surface area contributed by atoms with Gasteiger partial charge in [0.05, 0.1) is 0 Å². The second-order valence-electron chi connectivity index (χ2n) is 4.93. The molecule has 20 heavy (non-hydrogen) atoms. The molecule has 0 atom stereocenters. The van der Waals surface area contributed by atoms with Gasteiger partial charge in [-0.05, 0) is 48.2 Å². The Morgan fingerprint density at radius 1 is 0.650 bits per heavy atom. The lowest BCUT2D eigenvalue weighted by molar-refractivity contribution is 1.30. The Bertz CT molecular complexity index is 655. The third kappa shape index (κ3) is 2.21. The van der Waals surface area contributed by atoms with Crippen LogP contribution in [0.3, 0.4) is 0 Å². The van der Waals surface area contributed by atoms with Gasteiger partial charge in [0.1, 0.15) is 0 Å². The molecule has 2 aromatic heterocycles. The molecule has 2 nitrogen and oxygen atoms in total. The number of hydrogen-bond donors (Lipinski definition) is 0. The molecule has 98 valence electrons. The molecule has 0 aliphatic carbocycles. The first-order valence-electron chi connectivity index (χ1n) is 6.68. The van der Waals surface area contributed by atoms with E-state index in [0.29, 0.717) is 0 Å². The zero-order chi connectivity index (χ0) is 13.9. The molecular formula is C18H16N2. The molecule has 2 heterocycles. The lowest BCUT2D eigenvalue weighted by Crippen LogP contribution is -1.93. The van der Waals surface area contributed by atoms with Crippen molar-refractivity contribution >= 4 is 0 Å². The lowest BCUT2D eigenvalue weighted by Gasteiger charge is -2.15. The summed E-state index contributed by atoms with van der Waals surface area (Å²) >= 11 is 0. The molecule has 0 unspecified atom stereocenters. The number of benzene rings is 1. The number of hydrogen-bond acceptors (Lipinski definition) is 2. The van der Waals surface area contributed by atoms with Crippen molar-refractivity contribution in [3.63, 3.8) is 0 Å². The van der Waals surface area contributed by atoms with Gasteiger partial charge in [-0.3, -0.25) is 9.97 Å². The van der Waals surface area contributed by atoms with Crippen LogP contribution in [0.15, 0.2) is 61.2 Å². The largest absolute Gasteiger partial charge is 0.264 e. The summed E-state index contributed by atoms with van der Waals surface area (Å²) in [6.45, 7) is 4.28. The Hall–Kier alpha value is -2.48. The molecule has 0 bridgehead atoms. The zero-order valence-corrected chi connectivity index (χ0v) is 11.7. The van der Waals surface area contributed by atoms with E-state index >= 15 is 0 Å². The maximum atomic E-state index is 4.25. The maximum absolute atomic E-state index is 4.25. The second kappa shape index (κ2) is 5.25. The van der Waals surface area contributed by atoms with E-state index in [-0.39, 0.29) is 0 Å². The zero-order valence-electron chi connectivity index (χ0n) is 11.7. The van der Waals surface area contributed by atoms with Gasteiger partial charge < -0.3 is 0 Å². The van der Waals surface area contributed by atoms with E-state index < -0.39 is 0 Å². The lowest BCUT2D eigenvalue weighted by atomic mass is 9.89. The van der Waals surface area contributed by atoms with Crippen molar-refractivity contribution in [1.29, 1.82) is 0 Å². The maximum Gasteiger partial charge on any atom is 0.0346 e. The average Bonchev–Trinajstić information content (AvgIpc) is 2.51. The number of pyridine rings is 2. The highest BCUT2D eigenvalue weighted by Gasteiger charge is 2.13. The Morgan fingerprint density at radius 2 is 1.10 bits per heavy atom. The minimum Gasteiger partial charge on any atom is -0.264 e. The van der Waals surface area contributed by atoms with Crippen LogP contribution in [0.1, 0.15) is 11.1 Å². The Labute approximate surface area is 119 Å². The van der Waals surface area contributed by atoms with Crippen LogP contribution in [0.25, 0.3) is 22.3 Å². The van der Waals surface area contributed by atoms with E-state index in [0.717, 1.165) is 11.1 Å². The molecule has 0 aliphatic rings. The molecule has 0 saturated carbocycles. The van der Waals surface area contributed by atoms with Crippen molar-refractivity contribution in [2.45, 2.75) is 13.8 Å². The molecule has 3 aromatic rings. The normalized spacial score (nSPS) is 10.5. The van der Waals surface area contributed by atoms with Crippen LogP contribution in [0.2, 0.25) is 0 Å². The van der Waals surface area contributed by atoms with Crippen molar-refractivity contribution in [2.24, 2.45) is 0 Å². The van der Waals surface area contributed by atoms with Crippen LogP contribution < -0.4 is 0 Å². The molecule has 0 N–H and O–H groups in total. The van der Waals surface area contributed by atoms with Crippen molar-refractivity contribution < 1.29 is 0 Å². The Kier molecular flexibility index (Phi) is 3.30. The molecule has 0 saturated heterocycles. The Balaban J connectivity index is 2.32. The van der Waals surface area contributed by atoms with E-state index in [2.05, 4.69) is 48.1 Å². The minimum atomic E-state index is 1.15. The van der Waals surface area contributed by atoms with Gasteiger partial charge in [-0.25, -0.2) is 0 Å². The Morgan fingerprint density at radius 3 is 1.45 bits per heavy atom. The summed E-state index contributed by atoms with van der Waals surface area (Å²) < 4.78 is 0. The van der Waals surface area contributed by atoms with E-state index in [4.69, 9.17) is 0 Å². The molecule has 0 spiro atoms. The quantitative estimate of drug-likeness (QED) is 0.681. The topological polar surface area (TPSA) is 25.8 Å². The highest BCUT2D eigenvalue weighted by atomic mass is 14.6. The summed E-state index contributed by atoms with van der Waals surface area (Å²) in [5, 5.41) is 0. The summed E-state index contributed by atoms with van der Waals surface area (Å²) in [5.74, 6) is 0. The molecule has 0 radical (unpaired) electrons. The van der Waals surface area contributed by atoms with Crippen molar-refractivity contribution in [3.8, 4) is 22.3 Å². The monoisotopic (exact) mass is 260 g/mol. The molecule has 1 aromatic carbocycles. The molecule has 0 aliphatic heterocycles. The van der Waals surface area contributed by atoms with Gasteiger partial charge in [0.2, 0.25) is 0 Å². The van der Waals surface area contributed by atoms with Gasteiger partial charge in [0, 0.05) is 35.9 Å². The van der Waals surface area contributed by atoms with E-state index in [1.54, 1.807) is 12.4 Å². The van der Waals surface area contributed by atoms with E-state index in [9.17, 15) is 0 Å². The predicted octanol–water partition coefficient (Wildman–Crippen LogP) is 4.43. The molecule has 2 heteroatoms. The summed E-state index contributed by atoms with van der Waals surface area (Å²) in [5.41, 5.74) is 7.28. The summed E-state index contributed by atoms with van der Waals surface area (Å²) in [4.78, 5) is 8.50. The molecule has 0 fully saturated rings. The highest BCUT2D eigenvalue weighted by Crippen LogP contribution is 2.36. The van der Waals surface area contributed by atoms with Gasteiger partial charge >= 0.3 is 0 Å². The van der Waals surface area contributed by atoms with Crippen LogP contribution in [-0.4, -0.2) is 9.97 Å². The smallest absolute Gasteiger partial charge is 0.0346 e. The van der Waals surface area contributed by atoms with Crippen molar-refractivity contribution in [3.05, 3.63) is 72.3 Å². The number of nitrogens with zero attached hydrogens (tertiary/aromatic N) is 2. The molecular weight excluding hydrogens is 244 g/mol. The summed E-state index contributed by atoms with van der Waals surface area (Å²) in [6.07, 6.45) is 7.44. The summed E-state index contributed by atoms with van der Waals surface area (Å²) in [6, 6.07) is 12.5. The van der Waals surface area contributed by atoms with Crippen molar-refractivity contribution in [1.82, 2.24) is 9.97 Å². The average molecular weight is 260 g/mol. The second-order valence-corrected chi connectivity index (χ2v) is 4.93. The van der Waals surface area contributed by atoms with Gasteiger partial charge in [-0.1, -0.05) is 24.3 Å². The number of aryl methyl sites for hydroxylation is 2. The third-order valence-electron chi connectivity index (χ3n) is 3.52. The van der Waals surface area contributed by atoms with Gasteiger partial charge in [-0.15, -0.1) is 0 Å². The minimum absolute atomic E-state index is 1.15. The number of aromatic nitrogens is 2. The van der Waals surface area contributed by atoms with Gasteiger partial charge in [0.15, 0.2) is 0 Å². The summed E-state index contributed by atoms with van der Waals surface area (Å²) in [7, 11) is 0. The SMILES string of the molecule is Cc1ccc(C)c(-c2cccnc2)c1-c1cccnc1. The number of rotatable bonds is 2. The first-order chi connectivity index (χ1) is 9.77. The molecule has 0 amide bonds. The highest BCUT2D eigenvalue weighted by molar-refractivity contribution is 5.87. The fourth-order valence-electron chi connectivity index (χ4n) is 2.58. The van der Waals surface area contributed by atoms with Crippen LogP contribution in [0, 0.1) is 13.8 Å². The van der Waals surface area contributed by atoms with Crippen LogP contribution in [-0.2, 0) is 0 Å². The van der Waals surface area contributed by atoms with Crippen LogP contribution in [0.5, 0.6) is 0 Å². The van der Waals surface area contributed by atoms with Crippen LogP contribution >= 0.6 is 0 Å². The van der Waals surface area contributed by atoms with Crippen LogP contribution in [0.4, 0.5) is 0 Å².